The Bertz CT molecular complexity index is 525. The predicted octanol–water partition coefficient (Wildman–Crippen LogP) is 2.79. The van der Waals surface area contributed by atoms with E-state index in [1.54, 1.807) is 19.2 Å². The Hall–Kier alpha value is -1.48. The Morgan fingerprint density at radius 2 is 2.13 bits per heavy atom. The lowest BCUT2D eigenvalue weighted by atomic mass is 10.1. The van der Waals surface area contributed by atoms with Crippen molar-refractivity contribution in [3.05, 3.63) is 28.8 Å². The van der Waals surface area contributed by atoms with Crippen molar-refractivity contribution in [1.82, 2.24) is 4.98 Å². The van der Waals surface area contributed by atoms with Crippen molar-refractivity contribution in [3.63, 3.8) is 0 Å². The number of nitrogens with zero attached hydrogens (tertiary/aromatic N) is 1. The zero-order valence-corrected chi connectivity index (χ0v) is 9.30. The summed E-state index contributed by atoms with van der Waals surface area (Å²) < 4.78 is 5.26. The molecule has 0 aliphatic carbocycles. The standard InChI is InChI=1S/C11H11ClN2O/c1-6-5-9(13)14-11-7(12)3-4-8(15-2)10(6)11/h3-5H,1-2H3,(H2,13,14). The number of ether oxygens (including phenoxy) is 1. The minimum absolute atomic E-state index is 0.468. The van der Waals surface area contributed by atoms with Gasteiger partial charge >= 0.3 is 0 Å². The molecule has 0 bridgehead atoms. The normalized spacial score (nSPS) is 10.6. The molecule has 1 aromatic heterocycles. The lowest BCUT2D eigenvalue weighted by Gasteiger charge is -2.09. The maximum absolute atomic E-state index is 6.06. The highest BCUT2D eigenvalue weighted by molar-refractivity contribution is 6.35. The maximum Gasteiger partial charge on any atom is 0.128 e. The van der Waals surface area contributed by atoms with Gasteiger partial charge in [-0.1, -0.05) is 11.6 Å². The molecule has 0 atom stereocenters. The molecule has 0 saturated carbocycles. The number of nitrogen functional groups attached to an aromatic ring is 1. The summed E-state index contributed by atoms with van der Waals surface area (Å²) in [6, 6.07) is 5.39. The number of fused-ring (bicyclic) bond motifs is 1. The van der Waals surface area contributed by atoms with Gasteiger partial charge in [-0.2, -0.15) is 0 Å². The van der Waals surface area contributed by atoms with Crippen molar-refractivity contribution in [1.29, 1.82) is 0 Å². The molecular formula is C11H11ClN2O. The van der Waals surface area contributed by atoms with Gasteiger partial charge in [0.1, 0.15) is 11.6 Å². The Morgan fingerprint density at radius 1 is 1.40 bits per heavy atom. The fraction of sp³-hybridized carbons (Fsp3) is 0.182. The van der Waals surface area contributed by atoms with E-state index in [1.807, 2.05) is 13.0 Å². The van der Waals surface area contributed by atoms with Crippen molar-refractivity contribution in [2.45, 2.75) is 6.92 Å². The van der Waals surface area contributed by atoms with E-state index in [0.717, 1.165) is 16.7 Å². The van der Waals surface area contributed by atoms with Crippen LogP contribution in [0.1, 0.15) is 5.56 Å². The van der Waals surface area contributed by atoms with E-state index in [9.17, 15) is 0 Å². The third kappa shape index (κ3) is 1.59. The summed E-state index contributed by atoms with van der Waals surface area (Å²) >= 11 is 6.06. The third-order valence-corrected chi connectivity index (χ3v) is 2.61. The van der Waals surface area contributed by atoms with Crippen molar-refractivity contribution < 1.29 is 4.74 Å². The number of aromatic nitrogens is 1. The van der Waals surface area contributed by atoms with Crippen LogP contribution in [0.4, 0.5) is 5.82 Å². The molecule has 0 aliphatic rings. The van der Waals surface area contributed by atoms with Crippen molar-refractivity contribution in [3.8, 4) is 5.75 Å². The SMILES string of the molecule is COc1ccc(Cl)c2nc(N)cc(C)c12. The summed E-state index contributed by atoms with van der Waals surface area (Å²) in [7, 11) is 1.62. The highest BCUT2D eigenvalue weighted by atomic mass is 35.5. The monoisotopic (exact) mass is 222 g/mol. The van der Waals surface area contributed by atoms with Gasteiger partial charge in [-0.25, -0.2) is 4.98 Å². The Kier molecular flexibility index (Phi) is 2.40. The number of halogens is 1. The average Bonchev–Trinajstić information content (AvgIpc) is 2.19. The molecule has 0 unspecified atom stereocenters. The Morgan fingerprint density at radius 3 is 2.80 bits per heavy atom. The zero-order valence-electron chi connectivity index (χ0n) is 8.54. The molecule has 0 aliphatic heterocycles. The van der Waals surface area contributed by atoms with Crippen molar-refractivity contribution in [2.75, 3.05) is 12.8 Å². The van der Waals surface area contributed by atoms with Crippen LogP contribution in [0.5, 0.6) is 5.75 Å². The quantitative estimate of drug-likeness (QED) is 0.807. The van der Waals surface area contributed by atoms with Crippen LogP contribution < -0.4 is 10.5 Å². The summed E-state index contributed by atoms with van der Waals surface area (Å²) in [5.41, 5.74) is 7.37. The molecule has 0 spiro atoms. The first-order chi connectivity index (χ1) is 7.13. The van der Waals surface area contributed by atoms with Crippen LogP contribution in [-0.2, 0) is 0 Å². The number of anilines is 1. The maximum atomic E-state index is 6.06. The van der Waals surface area contributed by atoms with Crippen LogP contribution in [0.25, 0.3) is 10.9 Å². The van der Waals surface area contributed by atoms with E-state index in [2.05, 4.69) is 4.98 Å². The van der Waals surface area contributed by atoms with Crippen LogP contribution >= 0.6 is 11.6 Å². The molecular weight excluding hydrogens is 212 g/mol. The minimum atomic E-state index is 0.468. The largest absolute Gasteiger partial charge is 0.496 e. The van der Waals surface area contributed by atoms with Gasteiger partial charge in [0.25, 0.3) is 0 Å². The number of nitrogens with two attached hydrogens (primary N) is 1. The lowest BCUT2D eigenvalue weighted by molar-refractivity contribution is 0.419. The van der Waals surface area contributed by atoms with Gasteiger partial charge in [-0.05, 0) is 30.7 Å². The van der Waals surface area contributed by atoms with Gasteiger partial charge < -0.3 is 10.5 Å². The van der Waals surface area contributed by atoms with Gasteiger partial charge in [0.05, 0.1) is 17.6 Å². The third-order valence-electron chi connectivity index (χ3n) is 2.31. The number of methoxy groups -OCH3 is 1. The molecule has 2 rings (SSSR count). The van der Waals surface area contributed by atoms with E-state index in [4.69, 9.17) is 22.1 Å². The fourth-order valence-corrected chi connectivity index (χ4v) is 1.86. The van der Waals surface area contributed by atoms with Gasteiger partial charge in [0, 0.05) is 5.39 Å². The molecule has 1 aromatic carbocycles. The molecule has 0 fully saturated rings. The van der Waals surface area contributed by atoms with E-state index >= 15 is 0 Å². The van der Waals surface area contributed by atoms with Gasteiger partial charge in [0.2, 0.25) is 0 Å². The summed E-state index contributed by atoms with van der Waals surface area (Å²) in [4.78, 5) is 4.21. The molecule has 1 heterocycles. The topological polar surface area (TPSA) is 48.1 Å². The minimum Gasteiger partial charge on any atom is -0.496 e. The first-order valence-corrected chi connectivity index (χ1v) is 4.90. The summed E-state index contributed by atoms with van der Waals surface area (Å²) in [5.74, 6) is 1.23. The first-order valence-electron chi connectivity index (χ1n) is 4.53. The average molecular weight is 223 g/mol. The Labute approximate surface area is 92.8 Å². The lowest BCUT2D eigenvalue weighted by Crippen LogP contribution is -1.95. The number of aryl methyl sites for hydroxylation is 1. The van der Waals surface area contributed by atoms with Crippen LogP contribution in [0.2, 0.25) is 5.02 Å². The van der Waals surface area contributed by atoms with Gasteiger partial charge in [0.15, 0.2) is 0 Å². The highest BCUT2D eigenvalue weighted by Gasteiger charge is 2.09. The van der Waals surface area contributed by atoms with Gasteiger partial charge in [-0.15, -0.1) is 0 Å². The molecule has 3 nitrogen and oxygen atoms in total. The zero-order chi connectivity index (χ0) is 11.0. The summed E-state index contributed by atoms with van der Waals surface area (Å²) in [5, 5.41) is 1.50. The smallest absolute Gasteiger partial charge is 0.128 e. The molecule has 15 heavy (non-hydrogen) atoms. The first kappa shape index (κ1) is 10.1. The number of benzene rings is 1. The van der Waals surface area contributed by atoms with E-state index in [1.165, 1.54) is 0 Å². The molecule has 0 amide bonds. The second-order valence-corrected chi connectivity index (χ2v) is 3.74. The molecule has 78 valence electrons. The second-order valence-electron chi connectivity index (χ2n) is 3.34. The van der Waals surface area contributed by atoms with Crippen LogP contribution in [0.3, 0.4) is 0 Å². The number of pyridine rings is 1. The Balaban J connectivity index is 2.93. The van der Waals surface area contributed by atoms with Gasteiger partial charge in [-0.3, -0.25) is 0 Å². The molecule has 4 heteroatoms. The molecule has 0 radical (unpaired) electrons. The fourth-order valence-electron chi connectivity index (χ4n) is 1.66. The second kappa shape index (κ2) is 3.59. The number of rotatable bonds is 1. The van der Waals surface area contributed by atoms with E-state index < -0.39 is 0 Å². The van der Waals surface area contributed by atoms with E-state index in [-0.39, 0.29) is 0 Å². The molecule has 2 aromatic rings. The predicted molar refractivity (Wildman–Crippen MR) is 62.5 cm³/mol. The highest BCUT2D eigenvalue weighted by Crippen LogP contribution is 2.33. The summed E-state index contributed by atoms with van der Waals surface area (Å²) in [6.07, 6.45) is 0. The van der Waals surface area contributed by atoms with Crippen LogP contribution in [0, 0.1) is 6.92 Å². The molecule has 2 N–H and O–H groups in total. The van der Waals surface area contributed by atoms with E-state index in [0.29, 0.717) is 16.4 Å². The summed E-state index contributed by atoms with van der Waals surface area (Å²) in [6.45, 7) is 1.96. The van der Waals surface area contributed by atoms with Crippen molar-refractivity contribution in [2.24, 2.45) is 0 Å². The molecule has 0 saturated heterocycles. The number of hydrogen-bond acceptors (Lipinski definition) is 3. The number of hydrogen-bond donors (Lipinski definition) is 1. The van der Waals surface area contributed by atoms with Crippen molar-refractivity contribution >= 4 is 28.3 Å². The van der Waals surface area contributed by atoms with Crippen LogP contribution in [0.15, 0.2) is 18.2 Å². The van der Waals surface area contributed by atoms with Crippen LogP contribution in [-0.4, -0.2) is 12.1 Å².